The van der Waals surface area contributed by atoms with Crippen LogP contribution in [0.2, 0.25) is 0 Å². The molecule has 29 heavy (non-hydrogen) atoms. The summed E-state index contributed by atoms with van der Waals surface area (Å²) in [6.07, 6.45) is 0. The van der Waals surface area contributed by atoms with Crippen LogP contribution >= 0.6 is 40.3 Å². The highest BCUT2D eigenvalue weighted by Gasteiger charge is 2.02. The lowest BCUT2D eigenvalue weighted by atomic mass is 10.3. The molecule has 0 spiro atoms. The average Bonchev–Trinajstić information content (AvgIpc) is 2.71. The number of halogens is 1. The number of hydrogen-bond acceptors (Lipinski definition) is 8. The molecule has 0 saturated heterocycles. The van der Waals surface area contributed by atoms with Gasteiger partial charge in [-0.15, -0.1) is 24.4 Å². The molecule has 160 valence electrons. The van der Waals surface area contributed by atoms with Gasteiger partial charge >= 0.3 is 11.9 Å². The molecule has 9 heteroatoms. The Morgan fingerprint density at radius 1 is 0.897 bits per heavy atom. The number of aromatic hydroxyl groups is 2. The largest absolute Gasteiger partial charge is 0.508 e. The Morgan fingerprint density at radius 2 is 1.34 bits per heavy atom. The van der Waals surface area contributed by atoms with Crippen molar-refractivity contribution in [3.8, 4) is 11.5 Å². The maximum absolute atomic E-state index is 11.0. The number of thiol groups is 1. The predicted molar refractivity (Wildman–Crippen MR) is 121 cm³/mol. The van der Waals surface area contributed by atoms with Crippen molar-refractivity contribution >= 4 is 52.3 Å². The summed E-state index contributed by atoms with van der Waals surface area (Å²) < 4.78 is 9.28. The van der Waals surface area contributed by atoms with Crippen LogP contribution < -0.4 is 0 Å². The average molecular weight is 505 g/mol. The number of phenolic OH excluding ortho intramolecular Hbond substituents is 2. The minimum absolute atomic E-state index is 0.206. The molecule has 0 fully saturated rings. The highest BCUT2D eigenvalue weighted by atomic mass is 79.9. The van der Waals surface area contributed by atoms with Gasteiger partial charge in [0.2, 0.25) is 0 Å². The number of hydrogen-bond donors (Lipinski definition) is 3. The highest BCUT2D eigenvalue weighted by Crippen LogP contribution is 2.20. The van der Waals surface area contributed by atoms with Crippen LogP contribution in [0, 0.1) is 0 Å². The lowest BCUT2D eigenvalue weighted by Gasteiger charge is -2.01. The molecule has 0 radical (unpaired) electrons. The summed E-state index contributed by atoms with van der Waals surface area (Å²) in [7, 11) is 0. The number of carbonyl (C=O) groups excluding carboxylic acids is 2. The summed E-state index contributed by atoms with van der Waals surface area (Å²) in [5, 5.41) is 18.0. The smallest absolute Gasteiger partial charge is 0.316 e. The van der Waals surface area contributed by atoms with E-state index in [1.165, 1.54) is 11.8 Å². The number of phenols is 2. The number of thioether (sulfide) groups is 1. The van der Waals surface area contributed by atoms with E-state index in [0.717, 1.165) is 9.79 Å². The van der Waals surface area contributed by atoms with E-state index in [-0.39, 0.29) is 23.4 Å². The van der Waals surface area contributed by atoms with Gasteiger partial charge in [-0.05, 0) is 62.4 Å². The SMILES string of the molecule is CCOC(=O)CBr.CCOC(=O)CSc1ccc(O)cc1.Oc1ccc(S)cc1. The molecule has 2 aromatic rings. The lowest BCUT2D eigenvalue weighted by molar-refractivity contribution is -0.140. The third kappa shape index (κ3) is 15.7. The number of benzene rings is 2. The fourth-order valence-electron chi connectivity index (χ4n) is 1.54. The van der Waals surface area contributed by atoms with E-state index < -0.39 is 0 Å². The number of esters is 2. The quantitative estimate of drug-likeness (QED) is 0.227. The maximum Gasteiger partial charge on any atom is 0.316 e. The van der Waals surface area contributed by atoms with Crippen LogP contribution in [-0.2, 0) is 19.1 Å². The zero-order valence-electron chi connectivity index (χ0n) is 16.2. The first-order valence-electron chi connectivity index (χ1n) is 8.59. The van der Waals surface area contributed by atoms with E-state index >= 15 is 0 Å². The van der Waals surface area contributed by atoms with E-state index in [0.29, 0.717) is 24.3 Å². The second kappa shape index (κ2) is 17.1. The molecule has 0 aliphatic heterocycles. The normalized spacial score (nSPS) is 9.24. The van der Waals surface area contributed by atoms with Crippen molar-refractivity contribution in [1.82, 2.24) is 0 Å². The Balaban J connectivity index is 0.000000444. The molecule has 0 bridgehead atoms. The Hall–Kier alpha value is -1.84. The monoisotopic (exact) mass is 504 g/mol. The molecule has 0 aliphatic rings. The number of alkyl halides is 1. The van der Waals surface area contributed by atoms with Gasteiger partial charge in [-0.2, -0.15) is 0 Å². The van der Waals surface area contributed by atoms with Crippen LogP contribution in [0.4, 0.5) is 0 Å². The molecule has 0 unspecified atom stereocenters. The fourth-order valence-corrected chi connectivity index (χ4v) is 2.55. The van der Waals surface area contributed by atoms with Gasteiger partial charge in [0.1, 0.15) is 16.8 Å². The molecule has 0 aliphatic carbocycles. The molecule has 2 rings (SSSR count). The topological polar surface area (TPSA) is 93.1 Å². The van der Waals surface area contributed by atoms with Gasteiger partial charge in [-0.1, -0.05) is 15.9 Å². The van der Waals surface area contributed by atoms with Crippen LogP contribution in [0.3, 0.4) is 0 Å². The summed E-state index contributed by atoms with van der Waals surface area (Å²) in [4.78, 5) is 22.9. The van der Waals surface area contributed by atoms with E-state index in [4.69, 9.17) is 14.9 Å². The Morgan fingerprint density at radius 3 is 1.72 bits per heavy atom. The second-order valence-electron chi connectivity index (χ2n) is 5.04. The molecule has 0 saturated carbocycles. The number of rotatable bonds is 6. The van der Waals surface area contributed by atoms with Crippen LogP contribution in [0.15, 0.2) is 58.3 Å². The first kappa shape index (κ1) is 27.2. The Kier molecular flexibility index (Phi) is 16.0. The van der Waals surface area contributed by atoms with Gasteiger partial charge in [-0.3, -0.25) is 9.59 Å². The third-order valence-corrected chi connectivity index (χ3v) is 4.50. The van der Waals surface area contributed by atoms with E-state index in [9.17, 15) is 9.59 Å². The fraction of sp³-hybridized carbons (Fsp3) is 0.300. The van der Waals surface area contributed by atoms with Crippen molar-refractivity contribution in [1.29, 1.82) is 0 Å². The first-order valence-corrected chi connectivity index (χ1v) is 11.1. The van der Waals surface area contributed by atoms with Gasteiger partial charge in [0.15, 0.2) is 0 Å². The van der Waals surface area contributed by atoms with Gasteiger partial charge < -0.3 is 19.7 Å². The summed E-state index contributed by atoms with van der Waals surface area (Å²) in [6, 6.07) is 13.4. The summed E-state index contributed by atoms with van der Waals surface area (Å²) in [5.74, 6) is 0.389. The van der Waals surface area contributed by atoms with Crippen molar-refractivity contribution in [2.45, 2.75) is 23.6 Å². The Bertz CT molecular complexity index is 687. The molecule has 2 aromatic carbocycles. The molecule has 0 atom stereocenters. The van der Waals surface area contributed by atoms with Crippen LogP contribution in [0.1, 0.15) is 13.8 Å². The van der Waals surface area contributed by atoms with Crippen molar-refractivity contribution in [3.05, 3.63) is 48.5 Å². The van der Waals surface area contributed by atoms with Crippen molar-refractivity contribution in [2.75, 3.05) is 24.3 Å². The summed E-state index contributed by atoms with van der Waals surface area (Å²) >= 11 is 8.35. The standard InChI is InChI=1S/C10H12O3S.C6H6OS.C4H7BrO2/c1-2-13-10(12)7-14-9-5-3-8(11)4-6-9;7-5-1-3-6(8)4-2-5;1-2-7-4(6)3-5/h3-6,11H,2,7H2,1H3;1-4,7-8H;2-3H2,1H3. The number of ether oxygens (including phenoxy) is 2. The minimum Gasteiger partial charge on any atom is -0.508 e. The van der Waals surface area contributed by atoms with E-state index in [1.807, 2.05) is 0 Å². The maximum atomic E-state index is 11.0. The van der Waals surface area contributed by atoms with E-state index in [2.05, 4.69) is 33.3 Å². The zero-order chi connectivity index (χ0) is 22.1. The summed E-state index contributed by atoms with van der Waals surface area (Å²) in [6.45, 7) is 4.43. The predicted octanol–water partition coefficient (Wildman–Crippen LogP) is 4.67. The van der Waals surface area contributed by atoms with Crippen molar-refractivity contribution in [2.24, 2.45) is 0 Å². The van der Waals surface area contributed by atoms with E-state index in [1.54, 1.807) is 62.4 Å². The van der Waals surface area contributed by atoms with Gasteiger partial charge in [0.25, 0.3) is 0 Å². The lowest BCUT2D eigenvalue weighted by Crippen LogP contribution is -2.06. The van der Waals surface area contributed by atoms with Crippen LogP contribution in [0.25, 0.3) is 0 Å². The third-order valence-electron chi connectivity index (χ3n) is 2.76. The molecule has 0 heterocycles. The van der Waals surface area contributed by atoms with Gasteiger partial charge in [-0.25, -0.2) is 0 Å². The first-order chi connectivity index (χ1) is 13.8. The van der Waals surface area contributed by atoms with Gasteiger partial charge in [0, 0.05) is 9.79 Å². The van der Waals surface area contributed by atoms with Gasteiger partial charge in [0.05, 0.1) is 19.0 Å². The van der Waals surface area contributed by atoms with Crippen molar-refractivity contribution < 1.29 is 29.3 Å². The Labute approximate surface area is 189 Å². The molecule has 2 N–H and O–H groups in total. The van der Waals surface area contributed by atoms with Crippen LogP contribution in [0.5, 0.6) is 11.5 Å². The minimum atomic E-state index is -0.217. The highest BCUT2D eigenvalue weighted by molar-refractivity contribution is 9.09. The zero-order valence-corrected chi connectivity index (χ0v) is 19.5. The molecule has 0 aromatic heterocycles. The van der Waals surface area contributed by atoms with Crippen LogP contribution in [-0.4, -0.2) is 46.4 Å². The molecule has 0 amide bonds. The second-order valence-corrected chi connectivity index (χ2v) is 7.17. The molecule has 6 nitrogen and oxygen atoms in total. The van der Waals surface area contributed by atoms with Crippen molar-refractivity contribution in [3.63, 3.8) is 0 Å². The summed E-state index contributed by atoms with van der Waals surface area (Å²) in [5.41, 5.74) is 0. The number of carbonyl (C=O) groups is 2. The molecular formula is C20H25BrO6S2. The molecular weight excluding hydrogens is 480 g/mol.